The molecule has 22 heavy (non-hydrogen) atoms. The van der Waals surface area contributed by atoms with Gasteiger partial charge >= 0.3 is 6.36 Å². The van der Waals surface area contributed by atoms with Gasteiger partial charge in [0.15, 0.2) is 11.4 Å². The third-order valence-corrected chi connectivity index (χ3v) is 2.72. The molecule has 2 aromatic heterocycles. The first-order chi connectivity index (χ1) is 10.3. The summed E-state index contributed by atoms with van der Waals surface area (Å²) in [7, 11) is 0. The van der Waals surface area contributed by atoms with Crippen LogP contribution >= 0.6 is 0 Å². The van der Waals surface area contributed by atoms with E-state index in [2.05, 4.69) is 19.8 Å². The molecule has 0 bridgehead atoms. The summed E-state index contributed by atoms with van der Waals surface area (Å²) >= 11 is 0. The van der Waals surface area contributed by atoms with Gasteiger partial charge in [0.1, 0.15) is 23.2 Å². The molecular weight excluding hydrogens is 308 g/mol. The second-order valence-electron chi connectivity index (χ2n) is 4.15. The molecule has 1 aromatic carbocycles. The van der Waals surface area contributed by atoms with E-state index in [-0.39, 0.29) is 22.6 Å². The second kappa shape index (κ2) is 4.83. The van der Waals surface area contributed by atoms with E-state index >= 15 is 0 Å². The zero-order valence-electron chi connectivity index (χ0n) is 10.5. The zero-order valence-corrected chi connectivity index (χ0v) is 10.5. The minimum absolute atomic E-state index is 0.0473. The predicted octanol–water partition coefficient (Wildman–Crippen LogP) is 2.56. The Hall–Kier alpha value is -2.91. The molecule has 3 aromatic rings. The van der Waals surface area contributed by atoms with Gasteiger partial charge in [0.25, 0.3) is 0 Å². The van der Waals surface area contributed by atoms with Crippen molar-refractivity contribution in [1.29, 1.82) is 0 Å². The molecule has 3 rings (SSSR count). The van der Waals surface area contributed by atoms with Gasteiger partial charge in [-0.25, -0.2) is 19.0 Å². The largest absolute Gasteiger partial charge is 0.573 e. The van der Waals surface area contributed by atoms with Crippen molar-refractivity contribution in [3.05, 3.63) is 36.5 Å². The van der Waals surface area contributed by atoms with Gasteiger partial charge in [-0.3, -0.25) is 0 Å². The lowest BCUT2D eigenvalue weighted by atomic mass is 10.3. The van der Waals surface area contributed by atoms with Crippen molar-refractivity contribution < 1.29 is 27.4 Å². The summed E-state index contributed by atoms with van der Waals surface area (Å²) < 4.78 is 55.3. The summed E-state index contributed by atoms with van der Waals surface area (Å²) in [6, 6.07) is 2.59. The first kappa shape index (κ1) is 14.0. The third kappa shape index (κ3) is 2.50. The van der Waals surface area contributed by atoms with Crippen molar-refractivity contribution in [2.75, 3.05) is 0 Å². The maximum absolute atomic E-state index is 13.2. The average molecular weight is 314 g/mol. The molecular formula is C12H6F4N4O2. The van der Waals surface area contributed by atoms with Crippen LogP contribution in [0.25, 0.3) is 16.7 Å². The molecule has 0 spiro atoms. The first-order valence-electron chi connectivity index (χ1n) is 5.78. The van der Waals surface area contributed by atoms with Gasteiger partial charge in [0.2, 0.25) is 5.88 Å². The Labute approximate surface area is 119 Å². The standard InChI is InChI=1S/C12H6F4N4O2/c13-6-1-2-8(9(3-6)22-12(14,15)16)20-10-7(4-19-20)11(21)18-5-17-10/h1-5H,(H,17,18,21). The van der Waals surface area contributed by atoms with Gasteiger partial charge in [0.05, 0.1) is 6.20 Å². The van der Waals surface area contributed by atoms with Crippen LogP contribution < -0.4 is 4.74 Å². The SMILES string of the molecule is Oc1ncnc2c1cnn2-c1ccc(F)cc1OC(F)(F)F. The van der Waals surface area contributed by atoms with Crippen LogP contribution in [0.1, 0.15) is 0 Å². The fourth-order valence-electron chi connectivity index (χ4n) is 1.88. The molecule has 0 amide bonds. The van der Waals surface area contributed by atoms with E-state index in [0.717, 1.165) is 23.1 Å². The fraction of sp³-hybridized carbons (Fsp3) is 0.0833. The summed E-state index contributed by atoms with van der Waals surface area (Å²) in [5.74, 6) is -2.07. The summed E-state index contributed by atoms with van der Waals surface area (Å²) in [5, 5.41) is 13.5. The number of hydrogen-bond donors (Lipinski definition) is 1. The normalized spacial score (nSPS) is 11.8. The lowest BCUT2D eigenvalue weighted by Gasteiger charge is -2.13. The monoisotopic (exact) mass is 314 g/mol. The van der Waals surface area contributed by atoms with Crippen molar-refractivity contribution in [3.63, 3.8) is 0 Å². The molecule has 2 heterocycles. The number of alkyl halides is 3. The highest BCUT2D eigenvalue weighted by atomic mass is 19.4. The lowest BCUT2D eigenvalue weighted by Crippen LogP contribution is -2.18. The van der Waals surface area contributed by atoms with Crippen LogP contribution in [-0.4, -0.2) is 31.2 Å². The van der Waals surface area contributed by atoms with Crippen molar-refractivity contribution in [3.8, 4) is 17.3 Å². The zero-order chi connectivity index (χ0) is 15.9. The van der Waals surface area contributed by atoms with Crippen LogP contribution in [-0.2, 0) is 0 Å². The minimum atomic E-state index is -5.00. The Morgan fingerprint density at radius 1 is 1.18 bits per heavy atom. The highest BCUT2D eigenvalue weighted by Crippen LogP contribution is 2.31. The predicted molar refractivity (Wildman–Crippen MR) is 65.0 cm³/mol. The minimum Gasteiger partial charge on any atom is -0.493 e. The molecule has 1 N–H and O–H groups in total. The molecule has 0 unspecified atom stereocenters. The maximum Gasteiger partial charge on any atom is 0.573 e. The number of benzene rings is 1. The molecule has 10 heteroatoms. The van der Waals surface area contributed by atoms with Crippen molar-refractivity contribution in [2.45, 2.75) is 6.36 Å². The number of hydrogen-bond acceptors (Lipinski definition) is 5. The molecule has 0 aliphatic rings. The number of aromatic nitrogens is 4. The van der Waals surface area contributed by atoms with Crippen molar-refractivity contribution >= 4 is 11.0 Å². The van der Waals surface area contributed by atoms with Gasteiger partial charge < -0.3 is 9.84 Å². The van der Waals surface area contributed by atoms with E-state index in [4.69, 9.17) is 0 Å². The molecule has 0 atom stereocenters. The van der Waals surface area contributed by atoms with Gasteiger partial charge in [-0.1, -0.05) is 0 Å². The van der Waals surface area contributed by atoms with Crippen LogP contribution in [0.3, 0.4) is 0 Å². The Balaban J connectivity index is 2.20. The Morgan fingerprint density at radius 3 is 2.68 bits per heavy atom. The molecule has 0 saturated heterocycles. The number of nitrogens with zero attached hydrogens (tertiary/aromatic N) is 4. The van der Waals surface area contributed by atoms with Gasteiger partial charge in [0, 0.05) is 6.07 Å². The summed E-state index contributed by atoms with van der Waals surface area (Å²) in [5.41, 5.74) is -0.141. The van der Waals surface area contributed by atoms with Gasteiger partial charge in [-0.2, -0.15) is 5.10 Å². The Bertz CT molecular complexity index is 847. The summed E-state index contributed by atoms with van der Waals surface area (Å²) in [6.07, 6.45) is -2.81. The number of aromatic hydroxyl groups is 1. The van der Waals surface area contributed by atoms with Crippen molar-refractivity contribution in [1.82, 2.24) is 19.7 Å². The van der Waals surface area contributed by atoms with E-state index in [0.29, 0.717) is 6.07 Å². The van der Waals surface area contributed by atoms with Crippen LogP contribution in [0.2, 0.25) is 0 Å². The number of ether oxygens (including phenoxy) is 1. The number of fused-ring (bicyclic) bond motifs is 1. The highest BCUT2D eigenvalue weighted by molar-refractivity contribution is 5.81. The average Bonchev–Trinajstić information content (AvgIpc) is 2.82. The molecule has 0 saturated carbocycles. The Kier molecular flexibility index (Phi) is 3.08. The highest BCUT2D eigenvalue weighted by Gasteiger charge is 2.33. The molecule has 0 aliphatic carbocycles. The molecule has 0 radical (unpaired) electrons. The van der Waals surface area contributed by atoms with Gasteiger partial charge in [-0.15, -0.1) is 13.2 Å². The van der Waals surface area contributed by atoms with Gasteiger partial charge in [-0.05, 0) is 12.1 Å². The third-order valence-electron chi connectivity index (χ3n) is 2.72. The summed E-state index contributed by atoms with van der Waals surface area (Å²) in [6.45, 7) is 0. The molecule has 6 nitrogen and oxygen atoms in total. The number of halogens is 4. The number of rotatable bonds is 2. The Morgan fingerprint density at radius 2 is 1.95 bits per heavy atom. The topological polar surface area (TPSA) is 73.1 Å². The van der Waals surface area contributed by atoms with Crippen molar-refractivity contribution in [2.24, 2.45) is 0 Å². The quantitative estimate of drug-likeness (QED) is 0.736. The van der Waals surface area contributed by atoms with Crippen LogP contribution in [0.4, 0.5) is 17.6 Å². The molecule has 114 valence electrons. The van der Waals surface area contributed by atoms with E-state index in [9.17, 15) is 22.7 Å². The molecule has 0 fully saturated rings. The first-order valence-corrected chi connectivity index (χ1v) is 5.78. The fourth-order valence-corrected chi connectivity index (χ4v) is 1.88. The van der Waals surface area contributed by atoms with Crippen LogP contribution in [0.15, 0.2) is 30.7 Å². The smallest absolute Gasteiger partial charge is 0.493 e. The van der Waals surface area contributed by atoms with Crippen LogP contribution in [0.5, 0.6) is 11.6 Å². The van der Waals surface area contributed by atoms with E-state index in [1.54, 1.807) is 0 Å². The summed E-state index contributed by atoms with van der Waals surface area (Å²) in [4.78, 5) is 7.37. The van der Waals surface area contributed by atoms with Crippen LogP contribution in [0, 0.1) is 5.82 Å². The van der Waals surface area contributed by atoms with E-state index < -0.39 is 17.9 Å². The van der Waals surface area contributed by atoms with E-state index in [1.165, 1.54) is 6.20 Å². The van der Waals surface area contributed by atoms with E-state index in [1.807, 2.05) is 0 Å². The second-order valence-corrected chi connectivity index (χ2v) is 4.15. The maximum atomic E-state index is 13.2. The molecule has 0 aliphatic heterocycles. The lowest BCUT2D eigenvalue weighted by molar-refractivity contribution is -0.274.